The molecule has 3 aromatic rings. The number of hydrogen-bond acceptors (Lipinski definition) is 2. The molecule has 0 spiro atoms. The van der Waals surface area contributed by atoms with Crippen molar-refractivity contribution in [2.45, 2.75) is 45.7 Å². The van der Waals surface area contributed by atoms with E-state index in [2.05, 4.69) is 51.7 Å². The summed E-state index contributed by atoms with van der Waals surface area (Å²) in [6.07, 6.45) is 4.40. The molecule has 1 aromatic carbocycles. The predicted molar refractivity (Wildman–Crippen MR) is 102 cm³/mol. The Bertz CT molecular complexity index is 936. The molecule has 2 aliphatic heterocycles. The Balaban J connectivity index is 1.58. The molecule has 2 bridgehead atoms. The minimum absolute atomic E-state index is 0.715. The van der Waals surface area contributed by atoms with Crippen LogP contribution < -0.4 is 0 Å². The molecule has 2 aliphatic rings. The van der Waals surface area contributed by atoms with Gasteiger partial charge in [0.1, 0.15) is 0 Å². The molecule has 2 atom stereocenters. The van der Waals surface area contributed by atoms with Gasteiger partial charge in [-0.3, -0.25) is 9.88 Å². The molecule has 4 heterocycles. The molecule has 25 heavy (non-hydrogen) atoms. The topological polar surface area (TPSA) is 21.1 Å². The van der Waals surface area contributed by atoms with Crippen LogP contribution in [0.1, 0.15) is 40.4 Å². The van der Waals surface area contributed by atoms with E-state index >= 15 is 0 Å². The Hall–Kier alpha value is -2.13. The summed E-state index contributed by atoms with van der Waals surface area (Å²) in [5, 5.41) is 1.48. The second kappa shape index (κ2) is 5.70. The van der Waals surface area contributed by atoms with Crippen molar-refractivity contribution in [1.82, 2.24) is 14.5 Å². The van der Waals surface area contributed by atoms with E-state index in [9.17, 15) is 0 Å². The van der Waals surface area contributed by atoms with Gasteiger partial charge in [-0.25, -0.2) is 0 Å². The fraction of sp³-hybridized carbons (Fsp3) is 0.409. The Morgan fingerprint density at radius 1 is 1.16 bits per heavy atom. The highest BCUT2D eigenvalue weighted by molar-refractivity contribution is 5.87. The van der Waals surface area contributed by atoms with Crippen molar-refractivity contribution in [3.8, 4) is 0 Å². The van der Waals surface area contributed by atoms with Gasteiger partial charge in [-0.05, 0) is 62.6 Å². The molecule has 3 heteroatoms. The summed E-state index contributed by atoms with van der Waals surface area (Å²) in [5.41, 5.74) is 8.42. The van der Waals surface area contributed by atoms with E-state index in [1.165, 1.54) is 41.5 Å². The number of rotatable bonds is 3. The zero-order valence-electron chi connectivity index (χ0n) is 15.1. The van der Waals surface area contributed by atoms with E-state index in [1.807, 2.05) is 13.1 Å². The van der Waals surface area contributed by atoms with Gasteiger partial charge in [-0.2, -0.15) is 0 Å². The Morgan fingerprint density at radius 2 is 2.08 bits per heavy atom. The summed E-state index contributed by atoms with van der Waals surface area (Å²) in [4.78, 5) is 7.09. The van der Waals surface area contributed by atoms with E-state index in [0.29, 0.717) is 5.92 Å². The van der Waals surface area contributed by atoms with Crippen LogP contribution in [0.4, 0.5) is 0 Å². The second-order valence-electron chi connectivity index (χ2n) is 7.81. The normalized spacial score (nSPS) is 21.7. The number of pyridine rings is 1. The Kier molecular flexibility index (Phi) is 3.46. The maximum atomic E-state index is 4.46. The number of aromatic nitrogens is 2. The van der Waals surface area contributed by atoms with Gasteiger partial charge >= 0.3 is 0 Å². The lowest BCUT2D eigenvalue weighted by Crippen LogP contribution is -2.26. The summed E-state index contributed by atoms with van der Waals surface area (Å²) >= 11 is 0. The maximum Gasteiger partial charge on any atom is 0.0486 e. The molecule has 0 saturated carbocycles. The molecule has 3 nitrogen and oxygen atoms in total. The van der Waals surface area contributed by atoms with Crippen LogP contribution in [0.3, 0.4) is 0 Å². The first-order valence-electron chi connectivity index (χ1n) is 9.44. The van der Waals surface area contributed by atoms with Crippen molar-refractivity contribution in [2.24, 2.45) is 0 Å². The van der Waals surface area contributed by atoms with Crippen molar-refractivity contribution in [3.05, 3.63) is 64.6 Å². The van der Waals surface area contributed by atoms with Gasteiger partial charge in [0.05, 0.1) is 0 Å². The monoisotopic (exact) mass is 331 g/mol. The van der Waals surface area contributed by atoms with Gasteiger partial charge in [0.25, 0.3) is 0 Å². The molecule has 0 N–H and O–H groups in total. The maximum absolute atomic E-state index is 4.46. The summed E-state index contributed by atoms with van der Waals surface area (Å²) in [5.74, 6) is 0.715. The third-order valence-electron chi connectivity index (χ3n) is 6.01. The van der Waals surface area contributed by atoms with Gasteiger partial charge in [0.2, 0.25) is 0 Å². The third kappa shape index (κ3) is 2.49. The van der Waals surface area contributed by atoms with Gasteiger partial charge in [0, 0.05) is 54.0 Å². The molecule has 0 aliphatic carbocycles. The van der Waals surface area contributed by atoms with Crippen molar-refractivity contribution in [3.63, 3.8) is 0 Å². The Morgan fingerprint density at radius 3 is 2.92 bits per heavy atom. The van der Waals surface area contributed by atoms with Gasteiger partial charge < -0.3 is 4.57 Å². The number of hydrogen-bond donors (Lipinski definition) is 0. The lowest BCUT2D eigenvalue weighted by atomic mass is 9.96. The van der Waals surface area contributed by atoms with Crippen LogP contribution in [0.5, 0.6) is 0 Å². The Labute approximate surface area is 149 Å². The largest absolute Gasteiger partial charge is 0.344 e. The molecular formula is C22H25N3. The van der Waals surface area contributed by atoms with Gasteiger partial charge in [-0.1, -0.05) is 17.7 Å². The lowest BCUT2D eigenvalue weighted by Gasteiger charge is -2.25. The van der Waals surface area contributed by atoms with Gasteiger partial charge in [0.15, 0.2) is 0 Å². The highest BCUT2D eigenvalue weighted by atomic mass is 15.2. The average molecular weight is 331 g/mol. The third-order valence-corrected chi connectivity index (χ3v) is 6.01. The molecule has 1 saturated heterocycles. The molecule has 0 amide bonds. The van der Waals surface area contributed by atoms with E-state index in [-0.39, 0.29) is 0 Å². The van der Waals surface area contributed by atoms with Crippen molar-refractivity contribution in [2.75, 3.05) is 13.1 Å². The first-order chi connectivity index (χ1) is 12.2. The van der Waals surface area contributed by atoms with Crippen LogP contribution in [-0.4, -0.2) is 27.5 Å². The molecular weight excluding hydrogens is 306 g/mol. The lowest BCUT2D eigenvalue weighted by molar-refractivity contribution is 0.311. The second-order valence-corrected chi connectivity index (χ2v) is 7.81. The molecule has 2 aromatic heterocycles. The van der Waals surface area contributed by atoms with Crippen LogP contribution in [-0.2, 0) is 19.5 Å². The summed E-state index contributed by atoms with van der Waals surface area (Å²) in [6, 6.07) is 11.3. The zero-order chi connectivity index (χ0) is 17.0. The van der Waals surface area contributed by atoms with Crippen LogP contribution >= 0.6 is 0 Å². The highest BCUT2D eigenvalue weighted by Crippen LogP contribution is 2.41. The molecule has 1 fully saturated rings. The van der Waals surface area contributed by atoms with Gasteiger partial charge in [-0.15, -0.1) is 0 Å². The predicted octanol–water partition coefficient (Wildman–Crippen LogP) is 4.20. The zero-order valence-corrected chi connectivity index (χ0v) is 15.1. The van der Waals surface area contributed by atoms with Crippen molar-refractivity contribution < 1.29 is 0 Å². The summed E-state index contributed by atoms with van der Waals surface area (Å²) < 4.78 is 2.62. The molecule has 0 radical (unpaired) electrons. The van der Waals surface area contributed by atoms with E-state index in [1.54, 1.807) is 11.3 Å². The fourth-order valence-corrected chi connectivity index (χ4v) is 4.74. The van der Waals surface area contributed by atoms with E-state index in [0.717, 1.165) is 25.2 Å². The van der Waals surface area contributed by atoms with Crippen LogP contribution in [0.15, 0.2) is 36.5 Å². The van der Waals surface area contributed by atoms with Crippen molar-refractivity contribution in [1.29, 1.82) is 0 Å². The van der Waals surface area contributed by atoms with Crippen LogP contribution in [0, 0.1) is 13.8 Å². The van der Waals surface area contributed by atoms with Crippen LogP contribution in [0.2, 0.25) is 0 Å². The minimum Gasteiger partial charge on any atom is -0.344 e. The van der Waals surface area contributed by atoms with Crippen LogP contribution in [0.25, 0.3) is 10.9 Å². The van der Waals surface area contributed by atoms with E-state index in [4.69, 9.17) is 0 Å². The molecule has 128 valence electrons. The first-order valence-corrected chi connectivity index (χ1v) is 9.44. The number of benzene rings is 1. The smallest absolute Gasteiger partial charge is 0.0486 e. The number of nitrogens with zero attached hydrogens (tertiary/aromatic N) is 3. The quantitative estimate of drug-likeness (QED) is 0.717. The molecule has 5 rings (SSSR count). The summed E-state index contributed by atoms with van der Waals surface area (Å²) in [6.45, 7) is 8.94. The SMILES string of the molecule is Cc1ccc2c(c1)c1c(n2CCc2ccc(C)nc2)C2CCN(C1)C2. The number of fused-ring (bicyclic) bond motifs is 6. The fourth-order valence-electron chi connectivity index (χ4n) is 4.74. The standard InChI is InChI=1S/C22H25N3/c1-15-3-6-21-19(11-15)20-14-24-9-8-18(13-24)22(20)25(21)10-7-17-5-4-16(2)23-12-17/h3-6,11-12,18H,7-10,13-14H2,1-2H3. The highest BCUT2D eigenvalue weighted by Gasteiger charge is 2.35. The summed E-state index contributed by atoms with van der Waals surface area (Å²) in [7, 11) is 0. The number of aryl methyl sites for hydroxylation is 4. The first kappa shape index (κ1) is 15.2. The van der Waals surface area contributed by atoms with Crippen molar-refractivity contribution >= 4 is 10.9 Å². The minimum atomic E-state index is 0.715. The van der Waals surface area contributed by atoms with E-state index < -0.39 is 0 Å². The average Bonchev–Trinajstić information content (AvgIpc) is 3.14. The molecule has 2 unspecified atom stereocenters.